The van der Waals surface area contributed by atoms with Gasteiger partial charge in [0, 0.05) is 23.0 Å². The van der Waals surface area contributed by atoms with Gasteiger partial charge in [0.2, 0.25) is 0 Å². The van der Waals surface area contributed by atoms with Crippen LogP contribution >= 0.6 is 0 Å². The van der Waals surface area contributed by atoms with Gasteiger partial charge in [0.25, 0.3) is 5.91 Å². The molecule has 0 radical (unpaired) electrons. The lowest BCUT2D eigenvalue weighted by Crippen LogP contribution is -2.12. The minimum absolute atomic E-state index is 0.219. The Morgan fingerprint density at radius 3 is 2.75 bits per heavy atom. The van der Waals surface area contributed by atoms with Crippen molar-refractivity contribution in [2.75, 3.05) is 5.73 Å². The molecule has 0 aliphatic carbocycles. The number of hydrogen-bond acceptors (Lipinski definition) is 4. The summed E-state index contributed by atoms with van der Waals surface area (Å²) in [6, 6.07) is 8.97. The van der Waals surface area contributed by atoms with Crippen LogP contribution in [0.2, 0.25) is 0 Å². The van der Waals surface area contributed by atoms with Gasteiger partial charge in [-0.2, -0.15) is 5.10 Å². The maximum atomic E-state index is 11.1. The molecule has 1 aromatic carbocycles. The van der Waals surface area contributed by atoms with E-state index in [-0.39, 0.29) is 5.69 Å². The van der Waals surface area contributed by atoms with Crippen molar-refractivity contribution < 1.29 is 4.79 Å². The maximum absolute atomic E-state index is 11.1. The largest absolute Gasteiger partial charge is 0.399 e. The summed E-state index contributed by atoms with van der Waals surface area (Å²) in [6.07, 6.45) is 1.69. The minimum Gasteiger partial charge on any atom is -0.399 e. The van der Waals surface area contributed by atoms with Crippen molar-refractivity contribution in [2.24, 2.45) is 5.73 Å². The fourth-order valence-corrected chi connectivity index (χ4v) is 2.13. The van der Waals surface area contributed by atoms with Crippen LogP contribution in [0.15, 0.2) is 36.5 Å². The lowest BCUT2D eigenvalue weighted by atomic mass is 10.1. The summed E-state index contributed by atoms with van der Waals surface area (Å²) in [5, 5.41) is 5.04. The average molecular weight is 267 g/mol. The molecule has 0 saturated carbocycles. The number of benzene rings is 1. The minimum atomic E-state index is -0.557. The van der Waals surface area contributed by atoms with Gasteiger partial charge in [-0.3, -0.25) is 9.78 Å². The third-order valence-electron chi connectivity index (χ3n) is 3.03. The molecule has 0 aliphatic rings. The molecule has 0 bridgehead atoms. The van der Waals surface area contributed by atoms with Crippen LogP contribution in [0.25, 0.3) is 16.6 Å². The van der Waals surface area contributed by atoms with E-state index in [1.807, 2.05) is 25.1 Å². The summed E-state index contributed by atoms with van der Waals surface area (Å²) in [5.41, 5.74) is 14.4. The molecule has 3 aromatic rings. The van der Waals surface area contributed by atoms with Crippen LogP contribution in [0, 0.1) is 6.92 Å². The first-order chi connectivity index (χ1) is 9.54. The van der Waals surface area contributed by atoms with E-state index < -0.39 is 5.91 Å². The fourth-order valence-electron chi connectivity index (χ4n) is 2.13. The van der Waals surface area contributed by atoms with E-state index >= 15 is 0 Å². The molecule has 0 unspecified atom stereocenters. The van der Waals surface area contributed by atoms with Gasteiger partial charge in [0.1, 0.15) is 5.69 Å². The van der Waals surface area contributed by atoms with Gasteiger partial charge in [0.05, 0.1) is 11.2 Å². The second-order valence-electron chi connectivity index (χ2n) is 4.57. The molecule has 1 amide bonds. The number of nitrogens with two attached hydrogens (primary N) is 2. The van der Waals surface area contributed by atoms with Gasteiger partial charge < -0.3 is 11.5 Å². The molecule has 100 valence electrons. The van der Waals surface area contributed by atoms with Crippen molar-refractivity contribution in [3.05, 3.63) is 47.9 Å². The zero-order valence-electron chi connectivity index (χ0n) is 10.9. The molecule has 2 heterocycles. The summed E-state index contributed by atoms with van der Waals surface area (Å²) >= 11 is 0. The third-order valence-corrected chi connectivity index (χ3v) is 3.03. The Balaban J connectivity index is 2.28. The van der Waals surface area contributed by atoms with Crippen molar-refractivity contribution in [1.82, 2.24) is 14.8 Å². The quantitative estimate of drug-likeness (QED) is 0.685. The van der Waals surface area contributed by atoms with Gasteiger partial charge in [-0.15, -0.1) is 0 Å². The van der Waals surface area contributed by atoms with E-state index in [0.717, 1.165) is 22.3 Å². The number of nitrogens with zero attached hydrogens (tertiary/aromatic N) is 3. The summed E-state index contributed by atoms with van der Waals surface area (Å²) in [4.78, 5) is 15.6. The van der Waals surface area contributed by atoms with E-state index in [1.54, 1.807) is 23.0 Å². The maximum Gasteiger partial charge on any atom is 0.269 e. The van der Waals surface area contributed by atoms with Crippen molar-refractivity contribution in [3.8, 4) is 5.69 Å². The summed E-state index contributed by atoms with van der Waals surface area (Å²) in [7, 11) is 0. The van der Waals surface area contributed by atoms with Gasteiger partial charge in [0.15, 0.2) is 0 Å². The number of rotatable bonds is 2. The van der Waals surface area contributed by atoms with Gasteiger partial charge in [-0.05, 0) is 37.3 Å². The van der Waals surface area contributed by atoms with E-state index in [9.17, 15) is 4.79 Å². The highest BCUT2D eigenvalue weighted by molar-refractivity contribution is 5.92. The standard InChI is InChI=1S/C14H13N5O/c1-8-6-13(19-5-4-12(18-19)14(16)20)10-7-9(15)2-3-11(10)17-8/h2-7H,15H2,1H3,(H2,16,20). The number of anilines is 1. The molecule has 0 spiro atoms. The Labute approximate surface area is 115 Å². The highest BCUT2D eigenvalue weighted by Crippen LogP contribution is 2.24. The molecule has 4 N–H and O–H groups in total. The van der Waals surface area contributed by atoms with E-state index in [1.165, 1.54) is 0 Å². The fraction of sp³-hybridized carbons (Fsp3) is 0.0714. The van der Waals surface area contributed by atoms with Crippen LogP contribution in [0.4, 0.5) is 5.69 Å². The van der Waals surface area contributed by atoms with Crippen LogP contribution in [0.3, 0.4) is 0 Å². The second kappa shape index (κ2) is 4.34. The summed E-state index contributed by atoms with van der Waals surface area (Å²) < 4.78 is 1.61. The number of aryl methyl sites for hydroxylation is 1. The summed E-state index contributed by atoms with van der Waals surface area (Å²) in [5.74, 6) is -0.557. The molecule has 3 rings (SSSR count). The molecular weight excluding hydrogens is 254 g/mol. The lowest BCUT2D eigenvalue weighted by Gasteiger charge is -2.08. The number of primary amides is 1. The third kappa shape index (κ3) is 1.97. The van der Waals surface area contributed by atoms with Crippen LogP contribution < -0.4 is 11.5 Å². The number of aromatic nitrogens is 3. The Bertz CT molecular complexity index is 822. The number of pyridine rings is 1. The zero-order valence-corrected chi connectivity index (χ0v) is 10.9. The normalized spacial score (nSPS) is 10.8. The van der Waals surface area contributed by atoms with Crippen molar-refractivity contribution in [3.63, 3.8) is 0 Å². The SMILES string of the molecule is Cc1cc(-n2ccc(C(N)=O)n2)c2cc(N)ccc2n1. The Hall–Kier alpha value is -2.89. The molecule has 0 saturated heterocycles. The molecule has 0 atom stereocenters. The van der Waals surface area contributed by atoms with Gasteiger partial charge in [-0.1, -0.05) is 0 Å². The first kappa shape index (κ1) is 12.2. The number of hydrogen-bond donors (Lipinski definition) is 2. The molecule has 20 heavy (non-hydrogen) atoms. The van der Waals surface area contributed by atoms with E-state index in [4.69, 9.17) is 11.5 Å². The number of nitrogen functional groups attached to an aromatic ring is 1. The van der Waals surface area contributed by atoms with E-state index in [0.29, 0.717) is 5.69 Å². The first-order valence-electron chi connectivity index (χ1n) is 6.07. The Kier molecular flexibility index (Phi) is 2.64. The molecule has 0 aliphatic heterocycles. The molecule has 2 aromatic heterocycles. The van der Waals surface area contributed by atoms with Crippen LogP contribution in [0.5, 0.6) is 0 Å². The zero-order chi connectivity index (χ0) is 14.3. The Morgan fingerprint density at radius 1 is 1.25 bits per heavy atom. The van der Waals surface area contributed by atoms with Crippen LogP contribution in [-0.2, 0) is 0 Å². The van der Waals surface area contributed by atoms with Gasteiger partial charge in [-0.25, -0.2) is 4.68 Å². The number of carbonyl (C=O) groups is 1. The topological polar surface area (TPSA) is 99.8 Å². The van der Waals surface area contributed by atoms with Crippen molar-refractivity contribution >= 4 is 22.5 Å². The predicted octanol–water partition coefficient (Wildman–Crippen LogP) is 1.41. The number of fused-ring (bicyclic) bond motifs is 1. The van der Waals surface area contributed by atoms with Crippen LogP contribution in [0.1, 0.15) is 16.2 Å². The van der Waals surface area contributed by atoms with Crippen molar-refractivity contribution in [2.45, 2.75) is 6.92 Å². The highest BCUT2D eigenvalue weighted by Gasteiger charge is 2.10. The molecular formula is C14H13N5O. The Morgan fingerprint density at radius 2 is 2.05 bits per heavy atom. The summed E-state index contributed by atoms with van der Waals surface area (Å²) in [6.45, 7) is 1.90. The highest BCUT2D eigenvalue weighted by atomic mass is 16.1. The lowest BCUT2D eigenvalue weighted by molar-refractivity contribution is 0.0995. The molecule has 6 heteroatoms. The van der Waals surface area contributed by atoms with E-state index in [2.05, 4.69) is 10.1 Å². The second-order valence-corrected chi connectivity index (χ2v) is 4.57. The monoisotopic (exact) mass is 267 g/mol. The smallest absolute Gasteiger partial charge is 0.269 e. The average Bonchev–Trinajstić information content (AvgIpc) is 2.88. The molecule has 0 fully saturated rings. The molecule has 6 nitrogen and oxygen atoms in total. The first-order valence-corrected chi connectivity index (χ1v) is 6.07. The van der Waals surface area contributed by atoms with Crippen LogP contribution in [-0.4, -0.2) is 20.7 Å². The number of carbonyl (C=O) groups excluding carboxylic acids is 1. The van der Waals surface area contributed by atoms with Crippen molar-refractivity contribution in [1.29, 1.82) is 0 Å². The predicted molar refractivity (Wildman–Crippen MR) is 76.5 cm³/mol. The van der Waals surface area contributed by atoms with Gasteiger partial charge >= 0.3 is 0 Å². The number of amides is 1.